The number of hydrogen-bond acceptors (Lipinski definition) is 4. The average Bonchev–Trinajstić information content (AvgIpc) is 3.06. The SMILES string of the molecule is CCCn1cc(-n2cc(-c3ccc(NC(C)(C)C)nc3)cn2)ccc1=O. The van der Waals surface area contributed by atoms with Crippen molar-refractivity contribution in [2.75, 3.05) is 5.32 Å². The Morgan fingerprint density at radius 2 is 1.85 bits per heavy atom. The minimum absolute atomic E-state index is 0.00844. The van der Waals surface area contributed by atoms with Crippen LogP contribution in [0.5, 0.6) is 0 Å². The first-order chi connectivity index (χ1) is 12.4. The zero-order valence-electron chi connectivity index (χ0n) is 15.7. The van der Waals surface area contributed by atoms with Crippen LogP contribution >= 0.6 is 0 Å². The molecule has 0 atom stereocenters. The third-order valence-electron chi connectivity index (χ3n) is 3.88. The van der Waals surface area contributed by atoms with Gasteiger partial charge in [-0.05, 0) is 45.4 Å². The summed E-state index contributed by atoms with van der Waals surface area (Å²) in [5, 5.41) is 7.78. The molecule has 3 heterocycles. The maximum Gasteiger partial charge on any atom is 0.250 e. The number of anilines is 1. The summed E-state index contributed by atoms with van der Waals surface area (Å²) in [5.74, 6) is 0.847. The predicted octanol–water partition coefficient (Wildman–Crippen LogP) is 3.72. The topological polar surface area (TPSA) is 64.7 Å². The van der Waals surface area contributed by atoms with Crippen molar-refractivity contribution in [3.8, 4) is 16.8 Å². The van der Waals surface area contributed by atoms with Gasteiger partial charge in [0.1, 0.15) is 5.82 Å². The molecule has 0 aliphatic carbocycles. The first-order valence-electron chi connectivity index (χ1n) is 8.86. The summed E-state index contributed by atoms with van der Waals surface area (Å²) in [4.78, 5) is 16.3. The van der Waals surface area contributed by atoms with Gasteiger partial charge in [0.15, 0.2) is 0 Å². The van der Waals surface area contributed by atoms with E-state index in [1.165, 1.54) is 0 Å². The molecule has 6 nitrogen and oxygen atoms in total. The quantitative estimate of drug-likeness (QED) is 0.761. The van der Waals surface area contributed by atoms with E-state index < -0.39 is 0 Å². The summed E-state index contributed by atoms with van der Waals surface area (Å²) in [5.41, 5.74) is 2.82. The standard InChI is InChI=1S/C20H25N5O/c1-5-10-24-14-17(7-9-19(24)26)25-13-16(12-22-25)15-6-8-18(21-11-15)23-20(2,3)4/h6-9,11-14H,5,10H2,1-4H3,(H,21,23). The molecule has 3 aromatic heterocycles. The fourth-order valence-electron chi connectivity index (χ4n) is 2.71. The average molecular weight is 351 g/mol. The Bertz CT molecular complexity index is 932. The number of hydrogen-bond donors (Lipinski definition) is 1. The van der Waals surface area contributed by atoms with Crippen molar-refractivity contribution < 1.29 is 0 Å². The Morgan fingerprint density at radius 3 is 2.50 bits per heavy atom. The molecule has 0 aliphatic heterocycles. The fraction of sp³-hybridized carbons (Fsp3) is 0.350. The van der Waals surface area contributed by atoms with Crippen LogP contribution in [-0.2, 0) is 6.54 Å². The lowest BCUT2D eigenvalue weighted by molar-refractivity contribution is 0.630. The van der Waals surface area contributed by atoms with E-state index in [0.717, 1.165) is 29.1 Å². The van der Waals surface area contributed by atoms with Gasteiger partial charge in [0, 0.05) is 47.9 Å². The van der Waals surface area contributed by atoms with Gasteiger partial charge in [0.05, 0.1) is 11.9 Å². The van der Waals surface area contributed by atoms with Crippen LogP contribution in [0.25, 0.3) is 16.8 Å². The maximum atomic E-state index is 11.9. The van der Waals surface area contributed by atoms with E-state index in [4.69, 9.17) is 0 Å². The fourth-order valence-corrected chi connectivity index (χ4v) is 2.71. The molecule has 1 N–H and O–H groups in total. The first-order valence-corrected chi connectivity index (χ1v) is 8.86. The predicted molar refractivity (Wildman–Crippen MR) is 105 cm³/mol. The smallest absolute Gasteiger partial charge is 0.250 e. The zero-order chi connectivity index (χ0) is 18.7. The van der Waals surface area contributed by atoms with Crippen molar-refractivity contribution in [3.05, 3.63) is 59.4 Å². The van der Waals surface area contributed by atoms with Gasteiger partial charge in [-0.1, -0.05) is 6.92 Å². The maximum absolute atomic E-state index is 11.9. The van der Waals surface area contributed by atoms with Crippen LogP contribution < -0.4 is 10.9 Å². The summed E-state index contributed by atoms with van der Waals surface area (Å²) in [6, 6.07) is 7.38. The largest absolute Gasteiger partial charge is 0.365 e. The van der Waals surface area contributed by atoms with Crippen molar-refractivity contribution in [3.63, 3.8) is 0 Å². The molecule has 0 aliphatic rings. The van der Waals surface area contributed by atoms with E-state index in [1.807, 2.05) is 36.9 Å². The van der Waals surface area contributed by atoms with Crippen molar-refractivity contribution in [1.29, 1.82) is 0 Å². The molecule has 0 amide bonds. The normalized spacial score (nSPS) is 11.5. The Morgan fingerprint density at radius 1 is 1.04 bits per heavy atom. The second-order valence-electron chi connectivity index (χ2n) is 7.40. The zero-order valence-corrected chi connectivity index (χ0v) is 15.7. The molecule has 6 heteroatoms. The van der Waals surface area contributed by atoms with Crippen LogP contribution in [0, 0.1) is 0 Å². The highest BCUT2D eigenvalue weighted by Gasteiger charge is 2.10. The Balaban J connectivity index is 1.84. The Kier molecular flexibility index (Phi) is 4.93. The molecule has 0 bridgehead atoms. The van der Waals surface area contributed by atoms with Gasteiger partial charge in [-0.2, -0.15) is 5.10 Å². The summed E-state index contributed by atoms with van der Waals surface area (Å²) < 4.78 is 3.49. The number of rotatable bonds is 5. The Hall–Kier alpha value is -2.89. The number of pyridine rings is 2. The third-order valence-corrected chi connectivity index (χ3v) is 3.88. The van der Waals surface area contributed by atoms with Gasteiger partial charge >= 0.3 is 0 Å². The molecule has 26 heavy (non-hydrogen) atoms. The molecule has 0 saturated carbocycles. The van der Waals surface area contributed by atoms with Crippen molar-refractivity contribution in [2.45, 2.75) is 46.2 Å². The van der Waals surface area contributed by atoms with Gasteiger partial charge in [-0.15, -0.1) is 0 Å². The molecule has 136 valence electrons. The molecule has 0 saturated heterocycles. The van der Waals surface area contributed by atoms with Crippen molar-refractivity contribution in [1.82, 2.24) is 19.3 Å². The van der Waals surface area contributed by atoms with Crippen LogP contribution in [0.3, 0.4) is 0 Å². The van der Waals surface area contributed by atoms with E-state index >= 15 is 0 Å². The second-order valence-corrected chi connectivity index (χ2v) is 7.40. The number of aromatic nitrogens is 4. The number of aryl methyl sites for hydroxylation is 1. The van der Waals surface area contributed by atoms with Crippen molar-refractivity contribution in [2.24, 2.45) is 0 Å². The summed E-state index contributed by atoms with van der Waals surface area (Å²) >= 11 is 0. The number of nitrogens with zero attached hydrogens (tertiary/aromatic N) is 4. The highest BCUT2D eigenvalue weighted by Crippen LogP contribution is 2.21. The molecular formula is C20H25N5O. The van der Waals surface area contributed by atoms with Gasteiger partial charge in [-0.25, -0.2) is 9.67 Å². The van der Waals surface area contributed by atoms with Crippen molar-refractivity contribution >= 4 is 5.82 Å². The van der Waals surface area contributed by atoms with Crippen LogP contribution in [-0.4, -0.2) is 24.9 Å². The molecule has 0 aromatic carbocycles. The monoisotopic (exact) mass is 351 g/mol. The minimum atomic E-state index is -0.0268. The molecule has 0 unspecified atom stereocenters. The third kappa shape index (κ3) is 4.20. The highest BCUT2D eigenvalue weighted by molar-refractivity contribution is 5.62. The van der Waals surface area contributed by atoms with E-state index in [1.54, 1.807) is 21.4 Å². The van der Waals surface area contributed by atoms with Crippen LogP contribution in [0.2, 0.25) is 0 Å². The molecule has 0 radical (unpaired) electrons. The lowest BCUT2D eigenvalue weighted by atomic mass is 10.1. The lowest BCUT2D eigenvalue weighted by Gasteiger charge is -2.21. The van der Waals surface area contributed by atoms with Crippen LogP contribution in [0.4, 0.5) is 5.82 Å². The lowest BCUT2D eigenvalue weighted by Crippen LogP contribution is -2.26. The molecule has 3 rings (SSSR count). The van der Waals surface area contributed by atoms with E-state index in [0.29, 0.717) is 6.54 Å². The molecular weight excluding hydrogens is 326 g/mol. The van der Waals surface area contributed by atoms with Gasteiger partial charge in [-0.3, -0.25) is 4.79 Å². The summed E-state index contributed by atoms with van der Waals surface area (Å²) in [6.45, 7) is 9.06. The Labute approximate surface area is 153 Å². The van der Waals surface area contributed by atoms with E-state index in [-0.39, 0.29) is 11.1 Å². The van der Waals surface area contributed by atoms with Gasteiger partial charge in [0.2, 0.25) is 0 Å². The molecule has 0 fully saturated rings. The highest BCUT2D eigenvalue weighted by atomic mass is 16.1. The number of nitrogens with one attached hydrogen (secondary N) is 1. The van der Waals surface area contributed by atoms with Crippen LogP contribution in [0.1, 0.15) is 34.1 Å². The van der Waals surface area contributed by atoms with E-state index in [9.17, 15) is 4.79 Å². The molecule has 0 spiro atoms. The first kappa shape index (κ1) is 17.9. The minimum Gasteiger partial charge on any atom is -0.365 e. The second kappa shape index (κ2) is 7.15. The van der Waals surface area contributed by atoms with Gasteiger partial charge in [0.25, 0.3) is 5.56 Å². The van der Waals surface area contributed by atoms with E-state index in [2.05, 4.69) is 43.1 Å². The molecule has 3 aromatic rings. The van der Waals surface area contributed by atoms with Gasteiger partial charge < -0.3 is 9.88 Å². The van der Waals surface area contributed by atoms with Crippen LogP contribution in [0.15, 0.2) is 53.8 Å². The summed E-state index contributed by atoms with van der Waals surface area (Å²) in [6.07, 6.45) is 8.35. The summed E-state index contributed by atoms with van der Waals surface area (Å²) in [7, 11) is 0.